The molecule has 1 aliphatic heterocycles. The first kappa shape index (κ1) is 12.9. The molecule has 96 valence electrons. The third-order valence-corrected chi connectivity index (χ3v) is 5.08. The number of nitrogens with zero attached hydrogens (tertiary/aromatic N) is 2. The van der Waals surface area contributed by atoms with E-state index in [0.717, 1.165) is 45.1 Å². The minimum absolute atomic E-state index is 0.376. The van der Waals surface area contributed by atoms with Gasteiger partial charge in [0.15, 0.2) is 0 Å². The van der Waals surface area contributed by atoms with Crippen LogP contribution in [0, 0.1) is 16.7 Å². The molecule has 2 atom stereocenters. The fraction of sp³-hybridized carbons (Fsp3) is 0.929. The molecule has 1 aliphatic carbocycles. The summed E-state index contributed by atoms with van der Waals surface area (Å²) in [6.45, 7) is 3.05. The van der Waals surface area contributed by atoms with Crippen molar-refractivity contribution in [3.8, 4) is 6.07 Å². The highest BCUT2D eigenvalue weighted by Crippen LogP contribution is 2.49. The maximum absolute atomic E-state index is 11.0. The standard InChI is InChI=1S/C14H24N2O/c1-12-10-14(17,8-9-16(12)2)13(11-15)6-4-3-5-7-13/h12,17H,3-10H2,1-2H3. The zero-order chi connectivity index (χ0) is 12.5. The van der Waals surface area contributed by atoms with E-state index in [1.807, 2.05) is 0 Å². The molecule has 3 heteroatoms. The van der Waals surface area contributed by atoms with Gasteiger partial charge in [-0.05, 0) is 39.7 Å². The van der Waals surface area contributed by atoms with Crippen molar-refractivity contribution in [3.63, 3.8) is 0 Å². The molecular weight excluding hydrogens is 212 g/mol. The Hall–Kier alpha value is -0.590. The number of hydrogen-bond acceptors (Lipinski definition) is 3. The topological polar surface area (TPSA) is 47.3 Å². The van der Waals surface area contributed by atoms with Gasteiger partial charge in [0.2, 0.25) is 0 Å². The van der Waals surface area contributed by atoms with Crippen molar-refractivity contribution >= 4 is 0 Å². The predicted molar refractivity (Wildman–Crippen MR) is 67.4 cm³/mol. The number of rotatable bonds is 1. The molecule has 0 spiro atoms. The Balaban J connectivity index is 2.21. The van der Waals surface area contributed by atoms with Crippen LogP contribution in [0.2, 0.25) is 0 Å². The van der Waals surface area contributed by atoms with Crippen molar-refractivity contribution in [1.29, 1.82) is 5.26 Å². The van der Waals surface area contributed by atoms with Crippen molar-refractivity contribution in [2.75, 3.05) is 13.6 Å². The third kappa shape index (κ3) is 2.09. The molecule has 1 N–H and O–H groups in total. The van der Waals surface area contributed by atoms with E-state index in [0.29, 0.717) is 6.04 Å². The first-order valence-corrected chi connectivity index (χ1v) is 6.87. The minimum Gasteiger partial charge on any atom is -0.388 e. The second-order valence-electron chi connectivity index (χ2n) is 6.07. The fourth-order valence-electron chi connectivity index (χ4n) is 3.60. The summed E-state index contributed by atoms with van der Waals surface area (Å²) < 4.78 is 0. The quantitative estimate of drug-likeness (QED) is 0.760. The van der Waals surface area contributed by atoms with E-state index in [1.165, 1.54) is 6.42 Å². The lowest BCUT2D eigenvalue weighted by molar-refractivity contribution is -0.119. The summed E-state index contributed by atoms with van der Waals surface area (Å²) >= 11 is 0. The lowest BCUT2D eigenvalue weighted by Crippen LogP contribution is -2.57. The van der Waals surface area contributed by atoms with Gasteiger partial charge in [-0.2, -0.15) is 5.26 Å². The Morgan fingerprint density at radius 1 is 1.24 bits per heavy atom. The first-order chi connectivity index (χ1) is 8.03. The molecule has 1 saturated carbocycles. The minimum atomic E-state index is -0.756. The van der Waals surface area contributed by atoms with E-state index in [4.69, 9.17) is 0 Å². The SMILES string of the molecule is CC1CC(O)(C2(C#N)CCCCC2)CCN1C. The first-order valence-electron chi connectivity index (χ1n) is 6.87. The lowest BCUT2D eigenvalue weighted by atomic mass is 9.60. The molecule has 0 radical (unpaired) electrons. The second kappa shape index (κ2) is 4.59. The van der Waals surface area contributed by atoms with Crippen LogP contribution in [0.15, 0.2) is 0 Å². The van der Waals surface area contributed by atoms with Gasteiger partial charge >= 0.3 is 0 Å². The molecule has 2 rings (SSSR count). The van der Waals surface area contributed by atoms with Gasteiger partial charge in [-0.25, -0.2) is 0 Å². The van der Waals surface area contributed by atoms with Crippen molar-refractivity contribution in [1.82, 2.24) is 4.90 Å². The van der Waals surface area contributed by atoms with E-state index in [1.54, 1.807) is 0 Å². The predicted octanol–water partition coefficient (Wildman–Crippen LogP) is 2.31. The molecule has 1 saturated heterocycles. The van der Waals surface area contributed by atoms with E-state index in [2.05, 4.69) is 24.9 Å². The maximum atomic E-state index is 11.0. The fourth-order valence-corrected chi connectivity index (χ4v) is 3.60. The molecule has 3 nitrogen and oxygen atoms in total. The van der Waals surface area contributed by atoms with Gasteiger partial charge in [-0.15, -0.1) is 0 Å². The molecule has 0 aromatic carbocycles. The maximum Gasteiger partial charge on any atom is 0.0861 e. The average Bonchev–Trinajstić information content (AvgIpc) is 2.35. The van der Waals surface area contributed by atoms with Crippen LogP contribution in [0.5, 0.6) is 0 Å². The van der Waals surface area contributed by atoms with Crippen molar-refractivity contribution in [2.24, 2.45) is 5.41 Å². The van der Waals surface area contributed by atoms with Gasteiger partial charge < -0.3 is 10.0 Å². The number of aliphatic hydroxyl groups is 1. The van der Waals surface area contributed by atoms with Gasteiger partial charge in [0.05, 0.1) is 17.1 Å². The van der Waals surface area contributed by atoms with Crippen molar-refractivity contribution < 1.29 is 5.11 Å². The molecule has 17 heavy (non-hydrogen) atoms. The molecule has 0 aromatic rings. The summed E-state index contributed by atoms with van der Waals surface area (Å²) in [6.07, 6.45) is 6.68. The summed E-state index contributed by atoms with van der Waals surface area (Å²) in [4.78, 5) is 2.28. The lowest BCUT2D eigenvalue weighted by Gasteiger charge is -2.50. The highest BCUT2D eigenvalue weighted by Gasteiger charge is 2.53. The molecule has 0 bridgehead atoms. The molecule has 2 fully saturated rings. The number of hydrogen-bond donors (Lipinski definition) is 1. The Morgan fingerprint density at radius 2 is 1.88 bits per heavy atom. The van der Waals surface area contributed by atoms with Gasteiger partial charge in [-0.1, -0.05) is 19.3 Å². The van der Waals surface area contributed by atoms with Crippen LogP contribution >= 0.6 is 0 Å². The zero-order valence-corrected chi connectivity index (χ0v) is 11.1. The van der Waals surface area contributed by atoms with Gasteiger partial charge in [-0.3, -0.25) is 0 Å². The average molecular weight is 236 g/mol. The van der Waals surface area contributed by atoms with Gasteiger partial charge in [0.25, 0.3) is 0 Å². The summed E-state index contributed by atoms with van der Waals surface area (Å²) in [5.41, 5.74) is -1.23. The smallest absolute Gasteiger partial charge is 0.0861 e. The van der Waals surface area contributed by atoms with E-state index < -0.39 is 11.0 Å². The van der Waals surface area contributed by atoms with Crippen LogP contribution in [0.4, 0.5) is 0 Å². The van der Waals surface area contributed by atoms with Gasteiger partial charge in [0, 0.05) is 12.6 Å². The summed E-state index contributed by atoms with van der Waals surface area (Å²) in [5.74, 6) is 0. The molecule has 2 unspecified atom stereocenters. The second-order valence-corrected chi connectivity index (χ2v) is 6.07. The Labute approximate surface area is 104 Å². The summed E-state index contributed by atoms with van der Waals surface area (Å²) in [6, 6.07) is 2.87. The number of likely N-dealkylation sites (tertiary alicyclic amines) is 1. The van der Waals surface area contributed by atoms with E-state index in [-0.39, 0.29) is 0 Å². The van der Waals surface area contributed by atoms with Crippen LogP contribution in [0.1, 0.15) is 51.9 Å². The number of piperidine rings is 1. The number of nitriles is 1. The normalized spacial score (nSPS) is 38.6. The Kier molecular flexibility index (Phi) is 3.47. The monoisotopic (exact) mass is 236 g/mol. The zero-order valence-electron chi connectivity index (χ0n) is 11.1. The summed E-state index contributed by atoms with van der Waals surface area (Å²) in [5, 5.41) is 20.6. The molecule has 0 amide bonds. The Morgan fingerprint density at radius 3 is 2.41 bits per heavy atom. The van der Waals surface area contributed by atoms with Crippen molar-refractivity contribution in [3.05, 3.63) is 0 Å². The van der Waals surface area contributed by atoms with Crippen LogP contribution < -0.4 is 0 Å². The molecule has 0 aromatic heterocycles. The molecule has 1 heterocycles. The molecular formula is C14H24N2O. The third-order valence-electron chi connectivity index (χ3n) is 5.08. The van der Waals surface area contributed by atoms with E-state index >= 15 is 0 Å². The highest BCUT2D eigenvalue weighted by molar-refractivity contribution is 5.14. The van der Waals surface area contributed by atoms with Crippen molar-refractivity contribution in [2.45, 2.75) is 63.5 Å². The largest absolute Gasteiger partial charge is 0.388 e. The Bertz CT molecular complexity index is 317. The van der Waals surface area contributed by atoms with Gasteiger partial charge in [0.1, 0.15) is 0 Å². The van der Waals surface area contributed by atoms with Crippen LogP contribution in [-0.2, 0) is 0 Å². The van der Waals surface area contributed by atoms with Crippen LogP contribution in [-0.4, -0.2) is 35.2 Å². The van der Waals surface area contributed by atoms with Crippen LogP contribution in [0.3, 0.4) is 0 Å². The summed E-state index contributed by atoms with van der Waals surface area (Å²) in [7, 11) is 2.10. The molecule has 2 aliphatic rings. The van der Waals surface area contributed by atoms with E-state index in [9.17, 15) is 10.4 Å². The van der Waals surface area contributed by atoms with Crippen LogP contribution in [0.25, 0.3) is 0 Å². The highest BCUT2D eigenvalue weighted by atomic mass is 16.3.